The zero-order chi connectivity index (χ0) is 16.3. The molecule has 0 aliphatic heterocycles. The molecule has 2 N–H and O–H groups in total. The zero-order valence-corrected chi connectivity index (χ0v) is 13.0. The van der Waals surface area contributed by atoms with Gasteiger partial charge >= 0.3 is 5.97 Å². The quantitative estimate of drug-likeness (QED) is 0.880. The van der Waals surface area contributed by atoms with E-state index in [0.29, 0.717) is 11.1 Å². The van der Waals surface area contributed by atoms with Crippen molar-refractivity contribution < 1.29 is 18.3 Å². The van der Waals surface area contributed by atoms with Crippen LogP contribution in [0.25, 0.3) is 11.1 Å². The molecule has 1 aromatic carbocycles. The fourth-order valence-electron chi connectivity index (χ4n) is 1.92. The summed E-state index contributed by atoms with van der Waals surface area (Å²) in [7, 11) is -3.54. The maximum atomic E-state index is 12.0. The molecule has 22 heavy (non-hydrogen) atoms. The van der Waals surface area contributed by atoms with Gasteiger partial charge in [0.1, 0.15) is 0 Å². The van der Waals surface area contributed by atoms with Crippen LogP contribution in [-0.4, -0.2) is 30.5 Å². The van der Waals surface area contributed by atoms with Gasteiger partial charge in [0.15, 0.2) is 0 Å². The van der Waals surface area contributed by atoms with Crippen LogP contribution in [0.1, 0.15) is 24.2 Å². The normalized spacial score (nSPS) is 11.6. The standard InChI is InChI=1S/C15H16N2O4S/c1-10(2)17-22(20,21)14-5-3-11(4-6-14)12-7-13(15(18)19)9-16-8-12/h3-10,17H,1-2H3,(H,18,19). The van der Waals surface area contributed by atoms with Crippen molar-refractivity contribution >= 4 is 16.0 Å². The van der Waals surface area contributed by atoms with Crippen molar-refractivity contribution in [3.05, 3.63) is 48.3 Å². The number of hydrogen-bond acceptors (Lipinski definition) is 4. The Morgan fingerprint density at radius 2 is 1.77 bits per heavy atom. The first-order valence-corrected chi connectivity index (χ1v) is 8.09. The Balaban J connectivity index is 2.33. The summed E-state index contributed by atoms with van der Waals surface area (Å²) in [6.45, 7) is 3.49. The van der Waals surface area contributed by atoms with Gasteiger partial charge in [-0.25, -0.2) is 17.9 Å². The van der Waals surface area contributed by atoms with E-state index in [-0.39, 0.29) is 16.5 Å². The molecule has 0 bridgehead atoms. The number of carboxylic acids is 1. The summed E-state index contributed by atoms with van der Waals surface area (Å²) in [5, 5.41) is 8.96. The molecule has 1 heterocycles. The third-order valence-corrected chi connectivity index (χ3v) is 4.55. The van der Waals surface area contributed by atoms with Gasteiger partial charge in [-0.05, 0) is 37.6 Å². The molecule has 2 aromatic rings. The Morgan fingerprint density at radius 3 is 2.32 bits per heavy atom. The molecule has 6 nitrogen and oxygen atoms in total. The molecule has 0 saturated heterocycles. The molecule has 1 aromatic heterocycles. The Bertz CT molecular complexity index is 783. The number of sulfonamides is 1. The second kappa shape index (κ2) is 6.25. The number of aromatic carboxylic acids is 1. The summed E-state index contributed by atoms with van der Waals surface area (Å²) in [6.07, 6.45) is 2.79. The molecule has 0 aliphatic rings. The highest BCUT2D eigenvalue weighted by atomic mass is 32.2. The summed E-state index contributed by atoms with van der Waals surface area (Å²) in [4.78, 5) is 15.0. The lowest BCUT2D eigenvalue weighted by Gasteiger charge is -2.10. The second-order valence-electron chi connectivity index (χ2n) is 5.07. The second-order valence-corrected chi connectivity index (χ2v) is 6.78. The number of benzene rings is 1. The van der Waals surface area contributed by atoms with E-state index in [1.807, 2.05) is 0 Å². The summed E-state index contributed by atoms with van der Waals surface area (Å²) >= 11 is 0. The van der Waals surface area contributed by atoms with Gasteiger partial charge in [-0.15, -0.1) is 0 Å². The zero-order valence-electron chi connectivity index (χ0n) is 12.1. The van der Waals surface area contributed by atoms with Gasteiger partial charge in [0.2, 0.25) is 10.0 Å². The molecule has 0 radical (unpaired) electrons. The van der Waals surface area contributed by atoms with Crippen molar-refractivity contribution in [3.8, 4) is 11.1 Å². The van der Waals surface area contributed by atoms with Gasteiger partial charge in [-0.3, -0.25) is 4.98 Å². The average molecular weight is 320 g/mol. The lowest BCUT2D eigenvalue weighted by molar-refractivity contribution is 0.0696. The van der Waals surface area contributed by atoms with Crippen LogP contribution in [-0.2, 0) is 10.0 Å². The van der Waals surface area contributed by atoms with E-state index in [9.17, 15) is 13.2 Å². The number of carboxylic acid groups (broad SMARTS) is 1. The van der Waals surface area contributed by atoms with Crippen LogP contribution >= 0.6 is 0 Å². The predicted octanol–water partition coefficient (Wildman–Crippen LogP) is 2.13. The molecule has 0 atom stereocenters. The fraction of sp³-hybridized carbons (Fsp3) is 0.200. The van der Waals surface area contributed by atoms with Crippen LogP contribution in [0.3, 0.4) is 0 Å². The maximum absolute atomic E-state index is 12.0. The fourth-order valence-corrected chi connectivity index (χ4v) is 3.17. The van der Waals surface area contributed by atoms with Gasteiger partial charge in [-0.1, -0.05) is 12.1 Å². The molecule has 7 heteroatoms. The highest BCUT2D eigenvalue weighted by molar-refractivity contribution is 7.89. The Kier molecular flexibility index (Phi) is 4.58. The van der Waals surface area contributed by atoms with Gasteiger partial charge in [-0.2, -0.15) is 0 Å². The van der Waals surface area contributed by atoms with Gasteiger partial charge < -0.3 is 5.11 Å². The third kappa shape index (κ3) is 3.69. The van der Waals surface area contributed by atoms with E-state index in [1.54, 1.807) is 26.0 Å². The number of nitrogens with zero attached hydrogens (tertiary/aromatic N) is 1. The molecule has 116 valence electrons. The van der Waals surface area contributed by atoms with Crippen LogP contribution < -0.4 is 4.72 Å². The molecular formula is C15H16N2O4S. The van der Waals surface area contributed by atoms with E-state index in [1.165, 1.54) is 30.6 Å². The molecule has 0 aliphatic carbocycles. The highest BCUT2D eigenvalue weighted by Gasteiger charge is 2.15. The minimum Gasteiger partial charge on any atom is -0.478 e. The minimum absolute atomic E-state index is 0.0793. The van der Waals surface area contributed by atoms with Crippen molar-refractivity contribution in [2.45, 2.75) is 24.8 Å². The number of nitrogens with one attached hydrogen (secondary N) is 1. The first-order chi connectivity index (χ1) is 10.3. The lowest BCUT2D eigenvalue weighted by Crippen LogP contribution is -2.30. The van der Waals surface area contributed by atoms with Crippen molar-refractivity contribution in [1.82, 2.24) is 9.71 Å². The Labute approximate surface area is 128 Å². The molecule has 0 saturated carbocycles. The molecule has 2 rings (SSSR count). The lowest BCUT2D eigenvalue weighted by atomic mass is 10.1. The Hall–Kier alpha value is -2.25. The van der Waals surface area contributed by atoms with E-state index < -0.39 is 16.0 Å². The van der Waals surface area contributed by atoms with E-state index >= 15 is 0 Å². The topological polar surface area (TPSA) is 96.4 Å². The first-order valence-electron chi connectivity index (χ1n) is 6.61. The third-order valence-electron chi connectivity index (χ3n) is 2.87. The van der Waals surface area contributed by atoms with Crippen LogP contribution in [0.15, 0.2) is 47.6 Å². The van der Waals surface area contributed by atoms with Gasteiger partial charge in [0, 0.05) is 24.0 Å². The van der Waals surface area contributed by atoms with E-state index in [2.05, 4.69) is 9.71 Å². The summed E-state index contributed by atoms with van der Waals surface area (Å²) in [5.41, 5.74) is 1.38. The molecular weight excluding hydrogens is 304 g/mol. The highest BCUT2D eigenvalue weighted by Crippen LogP contribution is 2.21. The number of rotatable bonds is 5. The number of hydrogen-bond donors (Lipinski definition) is 2. The monoisotopic (exact) mass is 320 g/mol. The SMILES string of the molecule is CC(C)NS(=O)(=O)c1ccc(-c2cncc(C(=O)O)c2)cc1. The number of pyridine rings is 1. The first kappa shape index (κ1) is 16.1. The smallest absolute Gasteiger partial charge is 0.337 e. The van der Waals surface area contributed by atoms with Crippen LogP contribution in [0, 0.1) is 0 Å². The number of aromatic nitrogens is 1. The molecule has 0 unspecified atom stereocenters. The van der Waals surface area contributed by atoms with Crippen molar-refractivity contribution in [3.63, 3.8) is 0 Å². The van der Waals surface area contributed by atoms with Crippen molar-refractivity contribution in [2.24, 2.45) is 0 Å². The van der Waals surface area contributed by atoms with Gasteiger partial charge in [0.05, 0.1) is 10.5 Å². The van der Waals surface area contributed by atoms with Crippen LogP contribution in [0.4, 0.5) is 0 Å². The Morgan fingerprint density at radius 1 is 1.14 bits per heavy atom. The molecule has 0 spiro atoms. The van der Waals surface area contributed by atoms with E-state index in [0.717, 1.165) is 0 Å². The summed E-state index contributed by atoms with van der Waals surface area (Å²) in [6, 6.07) is 7.50. The average Bonchev–Trinajstić information content (AvgIpc) is 2.46. The minimum atomic E-state index is -3.54. The largest absolute Gasteiger partial charge is 0.478 e. The van der Waals surface area contributed by atoms with Crippen molar-refractivity contribution in [2.75, 3.05) is 0 Å². The molecule has 0 amide bonds. The predicted molar refractivity (Wildman–Crippen MR) is 82.1 cm³/mol. The summed E-state index contributed by atoms with van der Waals surface area (Å²) in [5.74, 6) is -1.06. The maximum Gasteiger partial charge on any atom is 0.337 e. The van der Waals surface area contributed by atoms with Crippen LogP contribution in [0.5, 0.6) is 0 Å². The number of carbonyl (C=O) groups is 1. The summed E-state index contributed by atoms with van der Waals surface area (Å²) < 4.78 is 26.6. The van der Waals surface area contributed by atoms with E-state index in [4.69, 9.17) is 5.11 Å². The van der Waals surface area contributed by atoms with Crippen LogP contribution in [0.2, 0.25) is 0 Å². The molecule has 0 fully saturated rings. The van der Waals surface area contributed by atoms with Gasteiger partial charge in [0.25, 0.3) is 0 Å². The van der Waals surface area contributed by atoms with Crippen molar-refractivity contribution in [1.29, 1.82) is 0 Å².